The largest absolute Gasteiger partial charge is 0.391 e. The van der Waals surface area contributed by atoms with Gasteiger partial charge < -0.3 is 15.3 Å². The molecule has 0 aliphatic carbocycles. The lowest BCUT2D eigenvalue weighted by Gasteiger charge is -2.20. The van der Waals surface area contributed by atoms with E-state index in [-0.39, 0.29) is 6.10 Å². The Labute approximate surface area is 121 Å². The van der Waals surface area contributed by atoms with Crippen molar-refractivity contribution in [3.05, 3.63) is 35.9 Å². The molecule has 1 aliphatic rings. The number of aliphatic hydroxyl groups excluding tert-OH is 1. The van der Waals surface area contributed by atoms with Crippen molar-refractivity contribution >= 4 is 5.96 Å². The van der Waals surface area contributed by atoms with Gasteiger partial charge in [0.15, 0.2) is 5.96 Å². The van der Waals surface area contributed by atoms with Crippen molar-refractivity contribution in [3.8, 4) is 0 Å². The van der Waals surface area contributed by atoms with Crippen molar-refractivity contribution in [1.29, 1.82) is 0 Å². The molecule has 1 atom stereocenters. The summed E-state index contributed by atoms with van der Waals surface area (Å²) in [6.07, 6.45) is 2.75. The minimum absolute atomic E-state index is 0.205. The minimum atomic E-state index is -0.205. The van der Waals surface area contributed by atoms with E-state index in [0.29, 0.717) is 6.54 Å². The van der Waals surface area contributed by atoms with Crippen LogP contribution in [0.3, 0.4) is 0 Å². The molecule has 1 fully saturated rings. The van der Waals surface area contributed by atoms with Crippen molar-refractivity contribution in [2.75, 3.05) is 26.2 Å². The lowest BCUT2D eigenvalue weighted by Crippen LogP contribution is -2.40. The number of nitrogens with zero attached hydrogens (tertiary/aromatic N) is 2. The maximum absolute atomic E-state index is 9.61. The smallest absolute Gasteiger partial charge is 0.194 e. The number of likely N-dealkylation sites (tertiary alicyclic amines) is 1. The lowest BCUT2D eigenvalue weighted by molar-refractivity contribution is 0.188. The lowest BCUT2D eigenvalue weighted by atomic mass is 10.1. The number of nitrogens with one attached hydrogen (secondary N) is 1. The highest BCUT2D eigenvalue weighted by Crippen LogP contribution is 2.09. The molecule has 2 N–H and O–H groups in total. The Hall–Kier alpha value is -1.55. The van der Waals surface area contributed by atoms with Gasteiger partial charge in [-0.05, 0) is 31.7 Å². The summed E-state index contributed by atoms with van der Waals surface area (Å²) >= 11 is 0. The van der Waals surface area contributed by atoms with Crippen LogP contribution >= 0.6 is 0 Å². The molecule has 0 unspecified atom stereocenters. The fourth-order valence-corrected chi connectivity index (χ4v) is 2.47. The Kier molecular flexibility index (Phi) is 5.87. The summed E-state index contributed by atoms with van der Waals surface area (Å²) in [7, 11) is 0. The molecule has 2 rings (SSSR count). The molecule has 1 heterocycles. The van der Waals surface area contributed by atoms with E-state index in [9.17, 15) is 5.11 Å². The maximum Gasteiger partial charge on any atom is 0.194 e. The summed E-state index contributed by atoms with van der Waals surface area (Å²) in [4.78, 5) is 6.81. The van der Waals surface area contributed by atoms with E-state index in [2.05, 4.69) is 46.4 Å². The van der Waals surface area contributed by atoms with E-state index in [1.54, 1.807) is 0 Å². The third-order valence-electron chi connectivity index (χ3n) is 3.53. The van der Waals surface area contributed by atoms with Gasteiger partial charge >= 0.3 is 0 Å². The summed E-state index contributed by atoms with van der Waals surface area (Å²) in [6, 6.07) is 10.5. The Morgan fingerprint density at radius 1 is 1.40 bits per heavy atom. The second kappa shape index (κ2) is 7.90. The molecule has 4 heteroatoms. The van der Waals surface area contributed by atoms with Crippen LogP contribution in [0.2, 0.25) is 0 Å². The van der Waals surface area contributed by atoms with Crippen LogP contribution in [0.5, 0.6) is 0 Å². The maximum atomic E-state index is 9.61. The molecule has 0 spiro atoms. The topological polar surface area (TPSA) is 47.9 Å². The van der Waals surface area contributed by atoms with Crippen molar-refractivity contribution in [1.82, 2.24) is 10.2 Å². The first-order valence-corrected chi connectivity index (χ1v) is 7.55. The first kappa shape index (κ1) is 14.9. The van der Waals surface area contributed by atoms with E-state index in [4.69, 9.17) is 0 Å². The van der Waals surface area contributed by atoms with Gasteiger partial charge in [-0.1, -0.05) is 30.3 Å². The molecule has 0 bridgehead atoms. The highest BCUT2D eigenvalue weighted by atomic mass is 16.3. The number of aliphatic hydroxyl groups is 1. The molecule has 1 saturated heterocycles. The van der Waals surface area contributed by atoms with Crippen LogP contribution in [-0.4, -0.2) is 48.2 Å². The second-order valence-electron chi connectivity index (χ2n) is 5.21. The van der Waals surface area contributed by atoms with Crippen molar-refractivity contribution in [3.63, 3.8) is 0 Å². The standard InChI is InChI=1S/C16H25N3O/c1-2-17-16(19-12-10-15(20)13-19)18-11-6-9-14-7-4-3-5-8-14/h3-5,7-8,15,20H,2,6,9-13H2,1H3,(H,17,18)/t15-/m1/s1. The summed E-state index contributed by atoms with van der Waals surface area (Å²) in [6.45, 7) is 5.36. The van der Waals surface area contributed by atoms with Crippen LogP contribution in [0, 0.1) is 0 Å². The van der Waals surface area contributed by atoms with Gasteiger partial charge in [0, 0.05) is 26.2 Å². The minimum Gasteiger partial charge on any atom is -0.391 e. The SMILES string of the molecule is CCNC(=NCCCc1ccccc1)N1CC[C@@H](O)C1. The summed E-state index contributed by atoms with van der Waals surface area (Å²) < 4.78 is 0. The zero-order chi connectivity index (χ0) is 14.2. The number of aliphatic imine (C=N–C) groups is 1. The van der Waals surface area contributed by atoms with Gasteiger partial charge in [-0.3, -0.25) is 4.99 Å². The van der Waals surface area contributed by atoms with Crippen molar-refractivity contribution in [2.24, 2.45) is 4.99 Å². The monoisotopic (exact) mass is 275 g/mol. The molecule has 0 amide bonds. The molecule has 1 aromatic carbocycles. The number of benzene rings is 1. The number of rotatable bonds is 5. The van der Waals surface area contributed by atoms with E-state index in [0.717, 1.165) is 44.9 Å². The van der Waals surface area contributed by atoms with E-state index in [1.165, 1.54) is 5.56 Å². The fourth-order valence-electron chi connectivity index (χ4n) is 2.47. The van der Waals surface area contributed by atoms with Crippen LogP contribution in [0.1, 0.15) is 25.3 Å². The van der Waals surface area contributed by atoms with Gasteiger partial charge in [0.05, 0.1) is 6.10 Å². The third kappa shape index (κ3) is 4.53. The Balaban J connectivity index is 1.80. The molecule has 0 radical (unpaired) electrons. The zero-order valence-electron chi connectivity index (χ0n) is 12.3. The first-order chi connectivity index (χ1) is 9.79. The number of hydrogen-bond acceptors (Lipinski definition) is 2. The van der Waals surface area contributed by atoms with Crippen LogP contribution in [0.25, 0.3) is 0 Å². The molecule has 110 valence electrons. The predicted molar refractivity (Wildman–Crippen MR) is 82.9 cm³/mol. The first-order valence-electron chi connectivity index (χ1n) is 7.55. The van der Waals surface area contributed by atoms with Crippen molar-refractivity contribution < 1.29 is 5.11 Å². The van der Waals surface area contributed by atoms with Crippen LogP contribution in [0.4, 0.5) is 0 Å². The predicted octanol–water partition coefficient (Wildman–Crippen LogP) is 1.65. The Morgan fingerprint density at radius 3 is 2.85 bits per heavy atom. The highest BCUT2D eigenvalue weighted by molar-refractivity contribution is 5.80. The van der Waals surface area contributed by atoms with Gasteiger partial charge in [0.1, 0.15) is 0 Å². The summed E-state index contributed by atoms with van der Waals surface area (Å²) in [5, 5.41) is 12.9. The van der Waals surface area contributed by atoms with Gasteiger partial charge in [0.2, 0.25) is 0 Å². The zero-order valence-corrected chi connectivity index (χ0v) is 12.3. The summed E-state index contributed by atoms with van der Waals surface area (Å²) in [5.74, 6) is 0.942. The number of β-amino-alcohol motifs (C(OH)–C–C–N with tert-alkyl or cyclic N) is 1. The molecule has 0 saturated carbocycles. The highest BCUT2D eigenvalue weighted by Gasteiger charge is 2.22. The molecule has 1 aliphatic heterocycles. The summed E-state index contributed by atoms with van der Waals surface area (Å²) in [5.41, 5.74) is 1.37. The Morgan fingerprint density at radius 2 is 2.20 bits per heavy atom. The number of aryl methyl sites for hydroxylation is 1. The molecule has 20 heavy (non-hydrogen) atoms. The molecular formula is C16H25N3O. The number of hydrogen-bond donors (Lipinski definition) is 2. The van der Waals surface area contributed by atoms with Crippen LogP contribution in [-0.2, 0) is 6.42 Å². The fraction of sp³-hybridized carbons (Fsp3) is 0.562. The normalized spacial score (nSPS) is 19.4. The molecule has 4 nitrogen and oxygen atoms in total. The van der Waals surface area contributed by atoms with E-state index in [1.807, 2.05) is 6.07 Å². The molecular weight excluding hydrogens is 250 g/mol. The van der Waals surface area contributed by atoms with Gasteiger partial charge in [-0.15, -0.1) is 0 Å². The Bertz CT molecular complexity index is 419. The second-order valence-corrected chi connectivity index (χ2v) is 5.21. The van der Waals surface area contributed by atoms with Crippen molar-refractivity contribution in [2.45, 2.75) is 32.3 Å². The molecule has 0 aromatic heterocycles. The van der Waals surface area contributed by atoms with Gasteiger partial charge in [-0.2, -0.15) is 0 Å². The van der Waals surface area contributed by atoms with Gasteiger partial charge in [0.25, 0.3) is 0 Å². The van der Waals surface area contributed by atoms with Gasteiger partial charge in [-0.25, -0.2) is 0 Å². The van der Waals surface area contributed by atoms with Crippen LogP contribution < -0.4 is 5.32 Å². The average Bonchev–Trinajstić information content (AvgIpc) is 2.90. The van der Waals surface area contributed by atoms with Crippen LogP contribution in [0.15, 0.2) is 35.3 Å². The molecule has 1 aromatic rings. The quantitative estimate of drug-likeness (QED) is 0.488. The van der Waals surface area contributed by atoms with E-state index < -0.39 is 0 Å². The number of guanidine groups is 1. The average molecular weight is 275 g/mol. The van der Waals surface area contributed by atoms with E-state index >= 15 is 0 Å². The third-order valence-corrected chi connectivity index (χ3v) is 3.53.